The highest BCUT2D eigenvalue weighted by Gasteiger charge is 2.31. The number of hydrogen-bond acceptors (Lipinski definition) is 2. The van der Waals surface area contributed by atoms with Gasteiger partial charge in [-0.1, -0.05) is 44.2 Å². The fourth-order valence-corrected chi connectivity index (χ4v) is 2.07. The van der Waals surface area contributed by atoms with Crippen LogP contribution in [-0.2, 0) is 6.54 Å². The molecule has 7 heteroatoms. The fraction of sp³-hybridized carbons (Fsp3) is 0.533. The number of benzene rings is 1. The second-order valence-electron chi connectivity index (χ2n) is 5.38. The van der Waals surface area contributed by atoms with Crippen molar-refractivity contribution in [3.05, 3.63) is 35.9 Å². The standard InChI is InChI=1S/C15H21F3N2O2/c1-11(2)13(9-21)20(8-12-6-4-3-5-7-12)14(22)19-10-15(16,17)18/h3-7,11,13,21H,8-10H2,1-2H3,(H,19,22). The lowest BCUT2D eigenvalue weighted by Crippen LogP contribution is -2.51. The summed E-state index contributed by atoms with van der Waals surface area (Å²) < 4.78 is 36.8. The molecule has 0 heterocycles. The van der Waals surface area contributed by atoms with Crippen molar-refractivity contribution >= 4 is 6.03 Å². The molecular weight excluding hydrogens is 297 g/mol. The van der Waals surface area contributed by atoms with Crippen molar-refractivity contribution in [2.24, 2.45) is 5.92 Å². The fourth-order valence-electron chi connectivity index (χ4n) is 2.07. The maximum absolute atomic E-state index is 12.3. The summed E-state index contributed by atoms with van der Waals surface area (Å²) in [7, 11) is 0. The van der Waals surface area contributed by atoms with Crippen molar-refractivity contribution in [2.75, 3.05) is 13.2 Å². The molecule has 0 radical (unpaired) electrons. The Morgan fingerprint density at radius 1 is 1.27 bits per heavy atom. The zero-order chi connectivity index (χ0) is 16.8. The second-order valence-corrected chi connectivity index (χ2v) is 5.38. The molecule has 0 aliphatic heterocycles. The molecule has 0 bridgehead atoms. The molecule has 124 valence electrons. The van der Waals surface area contributed by atoms with Crippen LogP contribution in [0.3, 0.4) is 0 Å². The molecule has 22 heavy (non-hydrogen) atoms. The number of nitrogens with one attached hydrogen (secondary N) is 1. The average Bonchev–Trinajstić information content (AvgIpc) is 2.44. The van der Waals surface area contributed by atoms with Crippen molar-refractivity contribution in [3.63, 3.8) is 0 Å². The lowest BCUT2D eigenvalue weighted by molar-refractivity contribution is -0.123. The predicted molar refractivity (Wildman–Crippen MR) is 77.2 cm³/mol. The Bertz CT molecular complexity index is 464. The molecule has 0 aliphatic rings. The summed E-state index contributed by atoms with van der Waals surface area (Å²) >= 11 is 0. The molecule has 4 nitrogen and oxygen atoms in total. The zero-order valence-electron chi connectivity index (χ0n) is 12.6. The summed E-state index contributed by atoms with van der Waals surface area (Å²) in [5.74, 6) is -0.0923. The Hall–Kier alpha value is -1.76. The third-order valence-electron chi connectivity index (χ3n) is 3.25. The first kappa shape index (κ1) is 18.3. The van der Waals surface area contributed by atoms with Gasteiger partial charge in [-0.15, -0.1) is 0 Å². The molecule has 2 amide bonds. The van der Waals surface area contributed by atoms with E-state index in [1.54, 1.807) is 38.1 Å². The van der Waals surface area contributed by atoms with Crippen LogP contribution in [-0.4, -0.2) is 41.4 Å². The molecule has 2 N–H and O–H groups in total. The molecule has 1 aromatic rings. The van der Waals surface area contributed by atoms with E-state index in [-0.39, 0.29) is 19.1 Å². The van der Waals surface area contributed by atoms with E-state index < -0.39 is 24.8 Å². The van der Waals surface area contributed by atoms with Crippen LogP contribution >= 0.6 is 0 Å². The van der Waals surface area contributed by atoms with Crippen molar-refractivity contribution in [1.29, 1.82) is 0 Å². The van der Waals surface area contributed by atoms with Crippen LogP contribution in [0.2, 0.25) is 0 Å². The van der Waals surface area contributed by atoms with E-state index in [4.69, 9.17) is 0 Å². The minimum Gasteiger partial charge on any atom is -0.394 e. The smallest absolute Gasteiger partial charge is 0.394 e. The number of carbonyl (C=O) groups is 1. The van der Waals surface area contributed by atoms with Crippen LogP contribution in [0, 0.1) is 5.92 Å². The third kappa shape index (κ3) is 5.93. The summed E-state index contributed by atoms with van der Waals surface area (Å²) in [6.07, 6.45) is -4.47. The SMILES string of the molecule is CC(C)C(CO)N(Cc1ccccc1)C(=O)NCC(F)(F)F. The normalized spacial score (nSPS) is 13.0. The average molecular weight is 318 g/mol. The van der Waals surface area contributed by atoms with Crippen molar-refractivity contribution < 1.29 is 23.1 Å². The van der Waals surface area contributed by atoms with Gasteiger partial charge in [0.05, 0.1) is 12.6 Å². The molecule has 0 aromatic heterocycles. The van der Waals surface area contributed by atoms with E-state index in [2.05, 4.69) is 0 Å². The van der Waals surface area contributed by atoms with E-state index in [0.717, 1.165) is 5.56 Å². The number of urea groups is 1. The molecule has 0 aliphatic carbocycles. The van der Waals surface area contributed by atoms with Gasteiger partial charge in [-0.3, -0.25) is 0 Å². The molecular formula is C15H21F3N2O2. The van der Waals surface area contributed by atoms with Crippen LogP contribution in [0.25, 0.3) is 0 Å². The van der Waals surface area contributed by atoms with E-state index in [0.29, 0.717) is 0 Å². The predicted octanol–water partition coefficient (Wildman–Crippen LogP) is 2.78. The minimum atomic E-state index is -4.47. The first-order valence-electron chi connectivity index (χ1n) is 7.00. The molecule has 1 unspecified atom stereocenters. The van der Waals surface area contributed by atoms with Gasteiger partial charge in [0, 0.05) is 6.54 Å². The van der Waals surface area contributed by atoms with Crippen LogP contribution < -0.4 is 5.32 Å². The van der Waals surface area contributed by atoms with E-state index in [1.807, 2.05) is 11.4 Å². The summed E-state index contributed by atoms with van der Waals surface area (Å²) in [4.78, 5) is 13.3. The Kier molecular flexibility index (Phi) is 6.67. The molecule has 1 atom stereocenters. The maximum Gasteiger partial charge on any atom is 0.405 e. The number of hydrogen-bond donors (Lipinski definition) is 2. The van der Waals surface area contributed by atoms with Crippen molar-refractivity contribution in [2.45, 2.75) is 32.6 Å². The first-order chi connectivity index (χ1) is 10.2. The van der Waals surface area contributed by atoms with Crippen molar-refractivity contribution in [1.82, 2.24) is 10.2 Å². The molecule has 1 aromatic carbocycles. The van der Waals surface area contributed by atoms with Gasteiger partial charge in [-0.2, -0.15) is 13.2 Å². The van der Waals surface area contributed by atoms with Gasteiger partial charge in [0.2, 0.25) is 0 Å². The third-order valence-corrected chi connectivity index (χ3v) is 3.25. The maximum atomic E-state index is 12.3. The number of amides is 2. The number of rotatable bonds is 6. The largest absolute Gasteiger partial charge is 0.405 e. The summed E-state index contributed by atoms with van der Waals surface area (Å²) in [6.45, 7) is 2.02. The summed E-state index contributed by atoms with van der Waals surface area (Å²) in [5.41, 5.74) is 0.781. The van der Waals surface area contributed by atoms with Crippen LogP contribution in [0.4, 0.5) is 18.0 Å². The van der Waals surface area contributed by atoms with Gasteiger partial charge in [0.1, 0.15) is 6.54 Å². The number of nitrogens with zero attached hydrogens (tertiary/aromatic N) is 1. The van der Waals surface area contributed by atoms with Crippen LogP contribution in [0.5, 0.6) is 0 Å². The molecule has 0 fully saturated rings. The highest BCUT2D eigenvalue weighted by Crippen LogP contribution is 2.17. The van der Waals surface area contributed by atoms with Gasteiger partial charge >= 0.3 is 12.2 Å². The lowest BCUT2D eigenvalue weighted by atomic mass is 10.0. The first-order valence-corrected chi connectivity index (χ1v) is 7.00. The van der Waals surface area contributed by atoms with E-state index in [9.17, 15) is 23.1 Å². The minimum absolute atomic E-state index is 0.0923. The number of alkyl halides is 3. The highest BCUT2D eigenvalue weighted by molar-refractivity contribution is 5.74. The quantitative estimate of drug-likeness (QED) is 0.847. The monoisotopic (exact) mass is 318 g/mol. The van der Waals surface area contributed by atoms with Gasteiger partial charge in [-0.05, 0) is 11.5 Å². The Morgan fingerprint density at radius 2 is 1.86 bits per heavy atom. The van der Waals surface area contributed by atoms with Crippen LogP contribution in [0.1, 0.15) is 19.4 Å². The Balaban J connectivity index is 2.88. The van der Waals surface area contributed by atoms with Crippen LogP contribution in [0.15, 0.2) is 30.3 Å². The Morgan fingerprint density at radius 3 is 2.32 bits per heavy atom. The van der Waals surface area contributed by atoms with Crippen molar-refractivity contribution in [3.8, 4) is 0 Å². The zero-order valence-corrected chi connectivity index (χ0v) is 12.6. The number of aliphatic hydroxyl groups excluding tert-OH is 1. The summed E-state index contributed by atoms with van der Waals surface area (Å²) in [5, 5.41) is 11.3. The van der Waals surface area contributed by atoms with E-state index in [1.165, 1.54) is 4.90 Å². The van der Waals surface area contributed by atoms with Gasteiger partial charge < -0.3 is 15.3 Å². The Labute approximate surface area is 127 Å². The van der Waals surface area contributed by atoms with Gasteiger partial charge in [0.25, 0.3) is 0 Å². The summed E-state index contributed by atoms with van der Waals surface area (Å²) in [6, 6.07) is 7.53. The second kappa shape index (κ2) is 8.03. The topological polar surface area (TPSA) is 52.6 Å². The molecule has 1 rings (SSSR count). The number of halogens is 3. The van der Waals surface area contributed by atoms with Gasteiger partial charge in [0.15, 0.2) is 0 Å². The molecule has 0 saturated carbocycles. The lowest BCUT2D eigenvalue weighted by Gasteiger charge is -2.33. The molecule has 0 saturated heterocycles. The number of carbonyl (C=O) groups excluding carboxylic acids is 1. The molecule has 0 spiro atoms. The highest BCUT2D eigenvalue weighted by atomic mass is 19.4. The number of aliphatic hydroxyl groups is 1. The van der Waals surface area contributed by atoms with E-state index >= 15 is 0 Å². The van der Waals surface area contributed by atoms with Gasteiger partial charge in [-0.25, -0.2) is 4.79 Å².